The number of aryl methyl sites for hydroxylation is 1. The zero-order valence-electron chi connectivity index (χ0n) is 13.4. The summed E-state index contributed by atoms with van der Waals surface area (Å²) >= 11 is 1.60. The summed E-state index contributed by atoms with van der Waals surface area (Å²) in [5, 5.41) is 10.0. The number of methoxy groups -OCH3 is 1. The second-order valence-corrected chi connectivity index (χ2v) is 6.35. The molecule has 0 bridgehead atoms. The molecule has 3 rings (SSSR count). The quantitative estimate of drug-likeness (QED) is 0.702. The van der Waals surface area contributed by atoms with E-state index in [4.69, 9.17) is 4.74 Å². The maximum absolute atomic E-state index is 9.19. The van der Waals surface area contributed by atoms with Crippen molar-refractivity contribution in [2.45, 2.75) is 31.4 Å². The highest BCUT2D eigenvalue weighted by Crippen LogP contribution is 2.29. The van der Waals surface area contributed by atoms with Crippen LogP contribution in [0, 0.1) is 13.8 Å². The number of imidazole rings is 1. The van der Waals surface area contributed by atoms with E-state index in [0.717, 1.165) is 50.1 Å². The molecule has 23 heavy (non-hydrogen) atoms. The molecule has 5 nitrogen and oxygen atoms in total. The number of fused-ring (bicyclic) bond motifs is 1. The number of aliphatic hydroxyl groups excluding tert-OH is 1. The molecule has 0 unspecified atom stereocenters. The smallest absolute Gasteiger partial charge is 0.166 e. The number of benzene rings is 1. The van der Waals surface area contributed by atoms with Crippen molar-refractivity contribution in [2.75, 3.05) is 7.11 Å². The second kappa shape index (κ2) is 6.60. The number of aromatic nitrogens is 3. The molecule has 0 saturated carbocycles. The standard InChI is InChI=1S/C17H19N3O2S/c1-10-7-18-15(11(2)16(10)22-3)9-23-17-19-13-5-4-12(8-21)6-14(13)20-17/h4-7,21H,8-9H2,1-3H3,(H,19,20). The Hall–Kier alpha value is -2.05. The van der Waals surface area contributed by atoms with Crippen LogP contribution in [0.5, 0.6) is 5.75 Å². The third-order valence-electron chi connectivity index (χ3n) is 3.80. The van der Waals surface area contributed by atoms with Gasteiger partial charge in [0.25, 0.3) is 0 Å². The van der Waals surface area contributed by atoms with E-state index in [1.54, 1.807) is 18.9 Å². The van der Waals surface area contributed by atoms with E-state index in [-0.39, 0.29) is 6.61 Å². The van der Waals surface area contributed by atoms with Crippen LogP contribution in [0.2, 0.25) is 0 Å². The van der Waals surface area contributed by atoms with Crippen molar-refractivity contribution in [1.29, 1.82) is 0 Å². The van der Waals surface area contributed by atoms with Gasteiger partial charge in [0, 0.05) is 23.1 Å². The third-order valence-corrected chi connectivity index (χ3v) is 4.69. The van der Waals surface area contributed by atoms with Crippen LogP contribution in [-0.4, -0.2) is 27.2 Å². The topological polar surface area (TPSA) is 71.0 Å². The number of nitrogens with zero attached hydrogens (tertiary/aromatic N) is 2. The Labute approximate surface area is 139 Å². The van der Waals surface area contributed by atoms with Crippen molar-refractivity contribution in [3.8, 4) is 5.75 Å². The Morgan fingerprint density at radius 2 is 2.13 bits per heavy atom. The van der Waals surface area contributed by atoms with Crippen molar-refractivity contribution in [3.05, 3.63) is 46.8 Å². The van der Waals surface area contributed by atoms with Gasteiger partial charge in [-0.3, -0.25) is 4.98 Å². The number of H-pyrrole nitrogens is 1. The molecule has 0 aliphatic rings. The third kappa shape index (κ3) is 3.18. The highest BCUT2D eigenvalue weighted by atomic mass is 32.2. The van der Waals surface area contributed by atoms with Gasteiger partial charge >= 0.3 is 0 Å². The van der Waals surface area contributed by atoms with Gasteiger partial charge in [0.1, 0.15) is 5.75 Å². The van der Waals surface area contributed by atoms with E-state index >= 15 is 0 Å². The molecule has 0 aliphatic heterocycles. The summed E-state index contributed by atoms with van der Waals surface area (Å²) in [5.41, 5.74) is 5.80. The Balaban J connectivity index is 1.81. The van der Waals surface area contributed by atoms with E-state index in [2.05, 4.69) is 15.0 Å². The molecule has 0 aliphatic carbocycles. The van der Waals surface area contributed by atoms with Crippen molar-refractivity contribution < 1.29 is 9.84 Å². The molecular weight excluding hydrogens is 310 g/mol. The van der Waals surface area contributed by atoms with Crippen LogP contribution in [0.4, 0.5) is 0 Å². The maximum Gasteiger partial charge on any atom is 0.166 e. The lowest BCUT2D eigenvalue weighted by Crippen LogP contribution is -1.98. The van der Waals surface area contributed by atoms with Crippen LogP contribution in [-0.2, 0) is 12.4 Å². The van der Waals surface area contributed by atoms with Crippen molar-refractivity contribution >= 4 is 22.8 Å². The van der Waals surface area contributed by atoms with Crippen LogP contribution in [0.3, 0.4) is 0 Å². The van der Waals surface area contributed by atoms with E-state index in [1.165, 1.54) is 0 Å². The minimum atomic E-state index is 0.0253. The first-order valence-corrected chi connectivity index (χ1v) is 8.32. The monoisotopic (exact) mass is 329 g/mol. The molecule has 120 valence electrons. The van der Waals surface area contributed by atoms with Gasteiger partial charge in [-0.2, -0.15) is 0 Å². The lowest BCUT2D eigenvalue weighted by atomic mass is 10.1. The molecule has 2 N–H and O–H groups in total. The minimum Gasteiger partial charge on any atom is -0.496 e. The van der Waals surface area contributed by atoms with Gasteiger partial charge in [-0.1, -0.05) is 17.8 Å². The zero-order chi connectivity index (χ0) is 16.4. The molecule has 0 spiro atoms. The highest BCUT2D eigenvalue weighted by Gasteiger charge is 2.11. The number of rotatable bonds is 5. The summed E-state index contributed by atoms with van der Waals surface area (Å²) in [5.74, 6) is 1.61. The summed E-state index contributed by atoms with van der Waals surface area (Å²) in [4.78, 5) is 12.4. The molecule has 6 heteroatoms. The van der Waals surface area contributed by atoms with Gasteiger partial charge in [-0.05, 0) is 31.5 Å². The fraction of sp³-hybridized carbons (Fsp3) is 0.294. The van der Waals surface area contributed by atoms with Crippen LogP contribution < -0.4 is 4.74 Å². The molecule has 0 atom stereocenters. The van der Waals surface area contributed by atoms with Crippen LogP contribution in [0.15, 0.2) is 29.6 Å². The second-order valence-electron chi connectivity index (χ2n) is 5.39. The number of hydrogen-bond acceptors (Lipinski definition) is 5. The molecule has 2 aromatic heterocycles. The van der Waals surface area contributed by atoms with Gasteiger partial charge < -0.3 is 14.8 Å². The van der Waals surface area contributed by atoms with Gasteiger partial charge in [0.2, 0.25) is 0 Å². The minimum absolute atomic E-state index is 0.0253. The van der Waals surface area contributed by atoms with Crippen molar-refractivity contribution in [1.82, 2.24) is 15.0 Å². The first-order chi connectivity index (χ1) is 11.1. The summed E-state index contributed by atoms with van der Waals surface area (Å²) in [6, 6.07) is 5.73. The Morgan fingerprint density at radius 3 is 2.87 bits per heavy atom. The number of pyridine rings is 1. The normalized spacial score (nSPS) is 11.1. The van der Waals surface area contributed by atoms with Crippen LogP contribution >= 0.6 is 11.8 Å². The Bertz CT molecular complexity index is 845. The number of hydrogen-bond donors (Lipinski definition) is 2. The number of aromatic amines is 1. The van der Waals surface area contributed by atoms with Gasteiger partial charge in [0.05, 0.1) is 30.4 Å². The molecule has 0 saturated heterocycles. The van der Waals surface area contributed by atoms with Crippen molar-refractivity contribution in [3.63, 3.8) is 0 Å². The van der Waals surface area contributed by atoms with E-state index < -0.39 is 0 Å². The summed E-state index contributed by atoms with van der Waals surface area (Å²) in [6.45, 7) is 4.05. The lowest BCUT2D eigenvalue weighted by molar-refractivity contribution is 0.282. The number of nitrogens with one attached hydrogen (secondary N) is 1. The van der Waals surface area contributed by atoms with E-state index in [1.807, 2.05) is 38.2 Å². The predicted octanol–water partition coefficient (Wildman–Crippen LogP) is 3.37. The first kappa shape index (κ1) is 15.8. The van der Waals surface area contributed by atoms with Gasteiger partial charge in [-0.25, -0.2) is 4.98 Å². The first-order valence-electron chi connectivity index (χ1n) is 7.33. The molecular formula is C17H19N3O2S. The molecule has 1 aromatic carbocycles. The Morgan fingerprint density at radius 1 is 1.30 bits per heavy atom. The van der Waals surface area contributed by atoms with E-state index in [9.17, 15) is 5.11 Å². The SMILES string of the molecule is COc1c(C)cnc(CSc2nc3cc(CO)ccc3[nH]2)c1C. The van der Waals surface area contributed by atoms with Crippen molar-refractivity contribution in [2.24, 2.45) is 0 Å². The predicted molar refractivity (Wildman–Crippen MR) is 91.8 cm³/mol. The molecule has 0 amide bonds. The highest BCUT2D eigenvalue weighted by molar-refractivity contribution is 7.98. The summed E-state index contributed by atoms with van der Waals surface area (Å²) in [7, 11) is 1.68. The molecule has 0 radical (unpaired) electrons. The summed E-state index contributed by atoms with van der Waals surface area (Å²) < 4.78 is 5.45. The van der Waals surface area contributed by atoms with Gasteiger partial charge in [0.15, 0.2) is 5.16 Å². The fourth-order valence-electron chi connectivity index (χ4n) is 2.55. The lowest BCUT2D eigenvalue weighted by Gasteiger charge is -2.11. The maximum atomic E-state index is 9.19. The average Bonchev–Trinajstić information content (AvgIpc) is 2.96. The van der Waals surface area contributed by atoms with Crippen LogP contribution in [0.1, 0.15) is 22.4 Å². The Kier molecular flexibility index (Phi) is 4.54. The van der Waals surface area contributed by atoms with Gasteiger partial charge in [-0.15, -0.1) is 0 Å². The zero-order valence-corrected chi connectivity index (χ0v) is 14.2. The molecule has 3 aromatic rings. The molecule has 0 fully saturated rings. The number of ether oxygens (including phenoxy) is 1. The average molecular weight is 329 g/mol. The largest absolute Gasteiger partial charge is 0.496 e. The fourth-order valence-corrected chi connectivity index (χ4v) is 3.46. The number of thioether (sulfide) groups is 1. The molecule has 2 heterocycles. The summed E-state index contributed by atoms with van der Waals surface area (Å²) in [6.07, 6.45) is 1.84. The number of aliphatic hydroxyl groups is 1. The van der Waals surface area contributed by atoms with Crippen LogP contribution in [0.25, 0.3) is 11.0 Å². The van der Waals surface area contributed by atoms with E-state index in [0.29, 0.717) is 0 Å².